The van der Waals surface area contributed by atoms with E-state index in [1.165, 1.54) is 0 Å². The third-order valence-corrected chi connectivity index (χ3v) is 2.53. The van der Waals surface area contributed by atoms with E-state index in [9.17, 15) is 28.8 Å². The van der Waals surface area contributed by atoms with Crippen LogP contribution in [0, 0.1) is 21.9 Å². The number of carbonyl (C=O) groups excluding carboxylic acids is 1. The third kappa shape index (κ3) is 2.91. The Morgan fingerprint density at radius 3 is 2.67 bits per heavy atom. The van der Waals surface area contributed by atoms with Crippen molar-refractivity contribution in [2.75, 3.05) is 5.32 Å². The van der Waals surface area contributed by atoms with Crippen molar-refractivity contribution in [3.05, 3.63) is 57.9 Å². The number of hydrogen-bond acceptors (Lipinski definition) is 5. The molecule has 108 valence electrons. The topological polar surface area (TPSA) is 105 Å². The molecule has 0 aliphatic rings. The van der Waals surface area contributed by atoms with Crippen molar-refractivity contribution in [2.24, 2.45) is 0 Å². The monoisotopic (exact) mass is 295 g/mol. The van der Waals surface area contributed by atoms with Crippen LogP contribution in [0.1, 0.15) is 10.4 Å². The molecule has 2 aromatic rings. The first kappa shape index (κ1) is 14.3. The number of rotatable bonds is 3. The van der Waals surface area contributed by atoms with Crippen molar-refractivity contribution in [3.63, 3.8) is 0 Å². The van der Waals surface area contributed by atoms with Gasteiger partial charge in [-0.05, 0) is 12.1 Å². The summed E-state index contributed by atoms with van der Waals surface area (Å²) in [6, 6.07) is 3.88. The van der Waals surface area contributed by atoms with Crippen LogP contribution in [0.3, 0.4) is 0 Å². The van der Waals surface area contributed by atoms with Crippen LogP contribution in [0.5, 0.6) is 5.75 Å². The van der Waals surface area contributed by atoms with Crippen LogP contribution in [0.4, 0.5) is 20.2 Å². The summed E-state index contributed by atoms with van der Waals surface area (Å²) in [7, 11) is 0. The van der Waals surface area contributed by atoms with Gasteiger partial charge in [0.15, 0.2) is 5.82 Å². The molecule has 0 saturated heterocycles. The number of pyridine rings is 1. The highest BCUT2D eigenvalue weighted by molar-refractivity contribution is 6.05. The van der Waals surface area contributed by atoms with Crippen molar-refractivity contribution in [3.8, 4) is 5.75 Å². The highest BCUT2D eigenvalue weighted by atomic mass is 19.2. The average molecular weight is 295 g/mol. The van der Waals surface area contributed by atoms with E-state index in [1.54, 1.807) is 0 Å². The van der Waals surface area contributed by atoms with Gasteiger partial charge >= 0.3 is 0 Å². The second-order valence-corrected chi connectivity index (χ2v) is 3.88. The van der Waals surface area contributed by atoms with E-state index in [0.29, 0.717) is 0 Å². The smallest absolute Gasteiger partial charge is 0.273 e. The van der Waals surface area contributed by atoms with Gasteiger partial charge in [-0.3, -0.25) is 14.9 Å². The van der Waals surface area contributed by atoms with Crippen LogP contribution in [0.2, 0.25) is 0 Å². The fourth-order valence-electron chi connectivity index (χ4n) is 1.52. The van der Waals surface area contributed by atoms with Crippen molar-refractivity contribution in [1.29, 1.82) is 0 Å². The highest BCUT2D eigenvalue weighted by Crippen LogP contribution is 2.28. The van der Waals surface area contributed by atoms with E-state index < -0.39 is 33.9 Å². The Bertz CT molecular complexity index is 736. The first-order chi connectivity index (χ1) is 9.90. The second-order valence-electron chi connectivity index (χ2n) is 3.88. The summed E-state index contributed by atoms with van der Waals surface area (Å²) in [5.41, 5.74) is -1.17. The predicted octanol–water partition coefficient (Wildman–Crippen LogP) is 2.23. The summed E-state index contributed by atoms with van der Waals surface area (Å²) in [4.78, 5) is 24.6. The van der Waals surface area contributed by atoms with Gasteiger partial charge in [-0.25, -0.2) is 9.37 Å². The zero-order valence-electron chi connectivity index (χ0n) is 10.2. The Hall–Kier alpha value is -3.10. The maximum absolute atomic E-state index is 13.4. The lowest BCUT2D eigenvalue weighted by Gasteiger charge is -2.07. The van der Waals surface area contributed by atoms with E-state index in [4.69, 9.17) is 0 Å². The molecule has 1 heterocycles. The van der Waals surface area contributed by atoms with Crippen molar-refractivity contribution >= 4 is 17.3 Å². The van der Waals surface area contributed by atoms with Crippen LogP contribution in [-0.2, 0) is 0 Å². The first-order valence-corrected chi connectivity index (χ1v) is 5.49. The zero-order chi connectivity index (χ0) is 15.6. The molecule has 1 amide bonds. The number of nitrogens with one attached hydrogen (secondary N) is 1. The maximum atomic E-state index is 13.4. The normalized spacial score (nSPS) is 10.2. The molecule has 1 aromatic carbocycles. The Labute approximate surface area is 116 Å². The van der Waals surface area contributed by atoms with Crippen molar-refractivity contribution < 1.29 is 23.6 Å². The number of anilines is 1. The van der Waals surface area contributed by atoms with Gasteiger partial charge in [-0.1, -0.05) is 0 Å². The molecule has 0 spiro atoms. The lowest BCUT2D eigenvalue weighted by Crippen LogP contribution is -2.15. The minimum atomic E-state index is -1.43. The lowest BCUT2D eigenvalue weighted by atomic mass is 10.2. The highest BCUT2D eigenvalue weighted by Gasteiger charge is 2.18. The number of nitrogens with zero attached hydrogens (tertiary/aromatic N) is 2. The van der Waals surface area contributed by atoms with Gasteiger partial charge in [0.1, 0.15) is 5.75 Å². The number of benzene rings is 1. The maximum Gasteiger partial charge on any atom is 0.273 e. The van der Waals surface area contributed by atoms with Gasteiger partial charge in [0.05, 0.1) is 22.2 Å². The number of phenolic OH excluding ortho intramolecular Hbond substituents is 1. The molecular weight excluding hydrogens is 288 g/mol. The molecule has 0 radical (unpaired) electrons. The van der Waals surface area contributed by atoms with E-state index in [-0.39, 0.29) is 11.4 Å². The van der Waals surface area contributed by atoms with Gasteiger partial charge in [0, 0.05) is 12.3 Å². The number of aromatic hydroxyl groups is 1. The van der Waals surface area contributed by atoms with Crippen LogP contribution in [0.25, 0.3) is 0 Å². The standard InChI is InChI=1S/C12H7F2N3O4/c13-10-7(3-4-15-11(10)14)12(19)16-8-2-1-6(17(20)21)5-9(8)18/h1-5,18H,(H,16,19). The number of amides is 1. The summed E-state index contributed by atoms with van der Waals surface area (Å²) in [5, 5.41) is 22.2. The first-order valence-electron chi connectivity index (χ1n) is 5.49. The molecule has 0 atom stereocenters. The minimum absolute atomic E-state index is 0.178. The Balaban J connectivity index is 2.28. The number of halogens is 2. The van der Waals surface area contributed by atoms with Crippen LogP contribution < -0.4 is 5.32 Å². The number of aromatic nitrogens is 1. The molecule has 0 unspecified atom stereocenters. The second kappa shape index (κ2) is 5.49. The summed E-state index contributed by atoms with van der Waals surface area (Å²) < 4.78 is 26.3. The lowest BCUT2D eigenvalue weighted by molar-refractivity contribution is -0.384. The van der Waals surface area contributed by atoms with E-state index in [0.717, 1.165) is 30.5 Å². The quantitative estimate of drug-likeness (QED) is 0.391. The molecular formula is C12H7F2N3O4. The molecule has 0 bridgehead atoms. The van der Waals surface area contributed by atoms with Gasteiger partial charge < -0.3 is 10.4 Å². The van der Waals surface area contributed by atoms with Gasteiger partial charge in [0.2, 0.25) is 5.95 Å². The van der Waals surface area contributed by atoms with E-state index in [1.807, 2.05) is 0 Å². The fraction of sp³-hybridized carbons (Fsp3) is 0. The molecule has 0 aliphatic carbocycles. The number of nitro groups is 1. The Kier molecular flexibility index (Phi) is 3.74. The average Bonchev–Trinajstić information content (AvgIpc) is 2.43. The number of carbonyl (C=O) groups is 1. The fourth-order valence-corrected chi connectivity index (χ4v) is 1.52. The van der Waals surface area contributed by atoms with Crippen LogP contribution >= 0.6 is 0 Å². The number of non-ortho nitro benzene ring substituents is 1. The number of hydrogen-bond donors (Lipinski definition) is 2. The minimum Gasteiger partial charge on any atom is -0.506 e. The molecule has 1 aromatic heterocycles. The number of nitro benzene ring substituents is 1. The van der Waals surface area contributed by atoms with Crippen LogP contribution in [0.15, 0.2) is 30.5 Å². The largest absolute Gasteiger partial charge is 0.506 e. The zero-order valence-corrected chi connectivity index (χ0v) is 10.2. The van der Waals surface area contributed by atoms with E-state index >= 15 is 0 Å². The Morgan fingerprint density at radius 1 is 1.33 bits per heavy atom. The summed E-state index contributed by atoms with van der Waals surface area (Å²) >= 11 is 0. The molecule has 2 rings (SSSR count). The van der Waals surface area contributed by atoms with Crippen molar-refractivity contribution in [1.82, 2.24) is 4.98 Å². The molecule has 0 fully saturated rings. The molecule has 7 nitrogen and oxygen atoms in total. The Morgan fingerprint density at radius 2 is 2.05 bits per heavy atom. The van der Waals surface area contributed by atoms with Gasteiger partial charge in [0.25, 0.3) is 11.6 Å². The number of phenols is 1. The van der Waals surface area contributed by atoms with Crippen LogP contribution in [-0.4, -0.2) is 20.9 Å². The summed E-state index contributed by atoms with van der Waals surface area (Å²) in [6.45, 7) is 0. The van der Waals surface area contributed by atoms with E-state index in [2.05, 4.69) is 10.3 Å². The molecule has 2 N–H and O–H groups in total. The third-order valence-electron chi connectivity index (χ3n) is 2.53. The summed E-state index contributed by atoms with van der Waals surface area (Å²) in [6.07, 6.45) is 0.906. The SMILES string of the molecule is O=C(Nc1ccc([N+](=O)[O-])cc1O)c1ccnc(F)c1F. The molecule has 21 heavy (non-hydrogen) atoms. The molecule has 9 heteroatoms. The van der Waals surface area contributed by atoms with Crippen molar-refractivity contribution in [2.45, 2.75) is 0 Å². The molecule has 0 aliphatic heterocycles. The summed E-state index contributed by atoms with van der Waals surface area (Å²) in [5.74, 6) is -4.47. The van der Waals surface area contributed by atoms with Gasteiger partial charge in [-0.2, -0.15) is 4.39 Å². The molecule has 0 saturated carbocycles. The van der Waals surface area contributed by atoms with Gasteiger partial charge in [-0.15, -0.1) is 0 Å². The predicted molar refractivity (Wildman–Crippen MR) is 66.9 cm³/mol.